The molecule has 3 heterocycles. The van der Waals surface area contributed by atoms with E-state index in [1.165, 1.54) is 17.2 Å². The molecule has 1 aromatic rings. The molecule has 1 unspecified atom stereocenters. The van der Waals surface area contributed by atoms with Gasteiger partial charge in [0.2, 0.25) is 0 Å². The van der Waals surface area contributed by atoms with Crippen molar-refractivity contribution in [3.63, 3.8) is 0 Å². The highest BCUT2D eigenvalue weighted by atomic mass is 35.5. The van der Waals surface area contributed by atoms with Crippen molar-refractivity contribution in [1.29, 1.82) is 0 Å². The molecule has 0 aromatic carbocycles. The molecule has 0 spiro atoms. The van der Waals surface area contributed by atoms with Crippen LogP contribution >= 0.6 is 11.6 Å². The minimum atomic E-state index is -1.49. The number of nitrogens with zero attached hydrogens (tertiary/aromatic N) is 3. The second-order valence-corrected chi connectivity index (χ2v) is 11.2. The van der Waals surface area contributed by atoms with Crippen LogP contribution in [0.5, 0.6) is 0 Å². The van der Waals surface area contributed by atoms with Gasteiger partial charge in [0.05, 0.1) is 37.9 Å². The Hall–Kier alpha value is -2.40. The first kappa shape index (κ1) is 27.6. The zero-order valence-electron chi connectivity index (χ0n) is 21.5. The summed E-state index contributed by atoms with van der Waals surface area (Å²) in [6.07, 6.45) is 3.33. The molecule has 204 valence electrons. The molecule has 1 aromatic heterocycles. The SMILES string of the molecule is COC1=C(OC2CN(c3ncc(Cl)cc3F)C2)CC(C)([C@@H]2CN(C(=O)[C@@H](O)CO)C[C@@]2(C)[C@@H](C)O)C=C1. The number of aromatic nitrogens is 1. The Kier molecular flexibility index (Phi) is 7.77. The Morgan fingerprint density at radius 1 is 1.32 bits per heavy atom. The quantitative estimate of drug-likeness (QED) is 0.460. The number of allylic oxidation sites excluding steroid dienone is 3. The smallest absolute Gasteiger partial charge is 0.253 e. The summed E-state index contributed by atoms with van der Waals surface area (Å²) in [5, 5.41) is 30.2. The molecule has 3 N–H and O–H groups in total. The summed E-state index contributed by atoms with van der Waals surface area (Å²) in [4.78, 5) is 20.1. The van der Waals surface area contributed by atoms with E-state index in [0.29, 0.717) is 37.6 Å². The van der Waals surface area contributed by atoms with Crippen LogP contribution in [-0.2, 0) is 14.3 Å². The summed E-state index contributed by atoms with van der Waals surface area (Å²) < 4.78 is 26.2. The number of amides is 1. The standard InChI is InChI=1S/C26H35ClFN3O6/c1-15(33)26(3)14-31(24(35)19(34)13-32)12-22(26)25(2)6-5-20(36-4)21(8-25)37-17-10-30(11-17)23-18(28)7-16(27)9-29-23/h5-7,9,15,17,19,22,32-34H,8,10-14H2,1-4H3/t15-,19+,22+,25?,26+/m1/s1. The molecule has 2 fully saturated rings. The maximum absolute atomic E-state index is 14.3. The zero-order chi connectivity index (χ0) is 27.1. The molecule has 0 radical (unpaired) electrons. The second-order valence-electron chi connectivity index (χ2n) is 10.8. The van der Waals surface area contributed by atoms with E-state index in [4.69, 9.17) is 21.1 Å². The highest BCUT2D eigenvalue weighted by molar-refractivity contribution is 6.30. The molecular weight excluding hydrogens is 505 g/mol. The Morgan fingerprint density at radius 3 is 2.62 bits per heavy atom. The van der Waals surface area contributed by atoms with Crippen molar-refractivity contribution in [3.8, 4) is 0 Å². The first-order valence-corrected chi connectivity index (χ1v) is 12.7. The van der Waals surface area contributed by atoms with Crippen LogP contribution < -0.4 is 4.90 Å². The molecule has 3 aliphatic rings. The van der Waals surface area contributed by atoms with Gasteiger partial charge in [0.15, 0.2) is 23.5 Å². The lowest BCUT2D eigenvalue weighted by Crippen LogP contribution is -2.53. The highest BCUT2D eigenvalue weighted by Gasteiger charge is 2.55. The molecule has 0 bridgehead atoms. The summed E-state index contributed by atoms with van der Waals surface area (Å²) in [6, 6.07) is 1.23. The normalized spacial score (nSPS) is 29.8. The van der Waals surface area contributed by atoms with Gasteiger partial charge in [-0.1, -0.05) is 31.5 Å². The maximum Gasteiger partial charge on any atom is 0.253 e. The molecule has 37 heavy (non-hydrogen) atoms. The number of hydrogen-bond acceptors (Lipinski definition) is 8. The molecule has 1 aliphatic carbocycles. The van der Waals surface area contributed by atoms with Gasteiger partial charge in [-0.25, -0.2) is 9.37 Å². The summed E-state index contributed by atoms with van der Waals surface area (Å²) in [7, 11) is 1.57. The topological polar surface area (TPSA) is 116 Å². The summed E-state index contributed by atoms with van der Waals surface area (Å²) in [6.45, 7) is 6.50. The van der Waals surface area contributed by atoms with Crippen LogP contribution in [0.25, 0.3) is 0 Å². The van der Waals surface area contributed by atoms with Crippen LogP contribution in [0.3, 0.4) is 0 Å². The number of hydrogen-bond donors (Lipinski definition) is 3. The van der Waals surface area contributed by atoms with Gasteiger partial charge in [0.25, 0.3) is 5.91 Å². The highest BCUT2D eigenvalue weighted by Crippen LogP contribution is 2.53. The Morgan fingerprint density at radius 2 is 2.03 bits per heavy atom. The van der Waals surface area contributed by atoms with Crippen LogP contribution in [0.1, 0.15) is 27.2 Å². The number of anilines is 1. The largest absolute Gasteiger partial charge is 0.493 e. The zero-order valence-corrected chi connectivity index (χ0v) is 22.3. The van der Waals surface area contributed by atoms with E-state index in [1.54, 1.807) is 18.9 Å². The molecule has 5 atom stereocenters. The second kappa shape index (κ2) is 10.4. The van der Waals surface area contributed by atoms with Crippen LogP contribution in [0.2, 0.25) is 5.02 Å². The van der Waals surface area contributed by atoms with Gasteiger partial charge < -0.3 is 34.6 Å². The van der Waals surface area contributed by atoms with Crippen molar-refractivity contribution in [1.82, 2.24) is 9.88 Å². The number of carbonyl (C=O) groups is 1. The van der Waals surface area contributed by atoms with Gasteiger partial charge in [0.1, 0.15) is 11.9 Å². The lowest BCUT2D eigenvalue weighted by atomic mass is 9.60. The summed E-state index contributed by atoms with van der Waals surface area (Å²) in [5.41, 5.74) is -1.17. The van der Waals surface area contributed by atoms with E-state index < -0.39 is 41.4 Å². The van der Waals surface area contributed by atoms with E-state index in [-0.39, 0.29) is 29.4 Å². The number of aliphatic hydroxyl groups is 3. The predicted octanol–water partition coefficient (Wildman–Crippen LogP) is 2.10. The van der Waals surface area contributed by atoms with E-state index in [1.807, 2.05) is 19.1 Å². The number of halogens is 2. The van der Waals surface area contributed by atoms with Crippen molar-refractivity contribution in [3.05, 3.63) is 46.8 Å². The van der Waals surface area contributed by atoms with Crippen LogP contribution in [0.4, 0.5) is 10.2 Å². The third kappa shape index (κ3) is 5.16. The minimum absolute atomic E-state index is 0.173. The first-order chi connectivity index (χ1) is 17.4. The van der Waals surface area contributed by atoms with E-state index >= 15 is 0 Å². The van der Waals surface area contributed by atoms with Crippen molar-refractivity contribution in [2.75, 3.05) is 44.8 Å². The molecular formula is C26H35ClFN3O6. The number of methoxy groups -OCH3 is 1. The monoisotopic (exact) mass is 539 g/mol. The number of carbonyl (C=O) groups excluding carboxylic acids is 1. The van der Waals surface area contributed by atoms with Crippen LogP contribution in [0.15, 0.2) is 35.9 Å². The summed E-state index contributed by atoms with van der Waals surface area (Å²) in [5.74, 6) is 0.254. The van der Waals surface area contributed by atoms with Crippen LogP contribution in [0, 0.1) is 22.6 Å². The fourth-order valence-electron chi connectivity index (χ4n) is 5.76. The maximum atomic E-state index is 14.3. The van der Waals surface area contributed by atoms with Gasteiger partial charge in [0, 0.05) is 31.1 Å². The van der Waals surface area contributed by atoms with Gasteiger partial charge >= 0.3 is 0 Å². The lowest BCUT2D eigenvalue weighted by Gasteiger charge is -2.46. The lowest BCUT2D eigenvalue weighted by molar-refractivity contribution is -0.141. The third-order valence-electron chi connectivity index (χ3n) is 8.15. The number of rotatable bonds is 8. The van der Waals surface area contributed by atoms with Gasteiger partial charge in [-0.2, -0.15) is 0 Å². The molecule has 2 aliphatic heterocycles. The van der Waals surface area contributed by atoms with E-state index in [2.05, 4.69) is 11.9 Å². The molecule has 0 saturated carbocycles. The number of ether oxygens (including phenoxy) is 2. The minimum Gasteiger partial charge on any atom is -0.493 e. The Labute approximate surface area is 221 Å². The Balaban J connectivity index is 1.50. The van der Waals surface area contributed by atoms with E-state index in [9.17, 15) is 24.5 Å². The molecule has 4 rings (SSSR count). The first-order valence-electron chi connectivity index (χ1n) is 12.4. The Bertz CT molecular complexity index is 1090. The van der Waals surface area contributed by atoms with Gasteiger partial charge in [-0.15, -0.1) is 0 Å². The average molecular weight is 540 g/mol. The average Bonchev–Trinajstić information content (AvgIpc) is 3.20. The molecule has 9 nitrogen and oxygen atoms in total. The van der Waals surface area contributed by atoms with Crippen molar-refractivity contribution in [2.24, 2.45) is 16.7 Å². The van der Waals surface area contributed by atoms with Gasteiger partial charge in [-0.05, 0) is 30.4 Å². The van der Waals surface area contributed by atoms with Crippen LogP contribution in [-0.4, -0.2) is 89.3 Å². The third-order valence-corrected chi connectivity index (χ3v) is 8.35. The number of likely N-dealkylation sites (tertiary alicyclic amines) is 1. The predicted molar refractivity (Wildman–Crippen MR) is 135 cm³/mol. The fraction of sp³-hybridized carbons (Fsp3) is 0.615. The fourth-order valence-corrected chi connectivity index (χ4v) is 5.90. The van der Waals surface area contributed by atoms with Crippen molar-refractivity contribution >= 4 is 23.3 Å². The number of pyridine rings is 1. The molecule has 11 heteroatoms. The van der Waals surface area contributed by atoms with Crippen molar-refractivity contribution < 1.29 is 34.0 Å². The molecule has 1 amide bonds. The van der Waals surface area contributed by atoms with Crippen molar-refractivity contribution in [2.45, 2.75) is 45.5 Å². The van der Waals surface area contributed by atoms with E-state index in [0.717, 1.165) is 0 Å². The van der Waals surface area contributed by atoms with Gasteiger partial charge in [-0.3, -0.25) is 4.79 Å². The number of aliphatic hydroxyl groups excluding tert-OH is 3. The molecule has 2 saturated heterocycles. The summed E-state index contributed by atoms with van der Waals surface area (Å²) >= 11 is 5.81.